The second-order valence-corrected chi connectivity index (χ2v) is 3.77. The number of nitrogens with zero attached hydrogens (tertiary/aromatic N) is 3. The van der Waals surface area contributed by atoms with Gasteiger partial charge in [0.2, 0.25) is 5.89 Å². The Balaban J connectivity index is 2.60. The molecular weight excluding hydrogens is 192 g/mol. The van der Waals surface area contributed by atoms with Crippen molar-refractivity contribution in [2.75, 3.05) is 18.5 Å². The Morgan fingerprint density at radius 3 is 2.80 bits per heavy atom. The molecule has 0 fully saturated rings. The van der Waals surface area contributed by atoms with E-state index in [1.54, 1.807) is 0 Å². The first-order valence-corrected chi connectivity index (χ1v) is 5.44. The molecule has 0 aliphatic heterocycles. The van der Waals surface area contributed by atoms with Gasteiger partial charge < -0.3 is 15.1 Å². The third-order valence-corrected chi connectivity index (χ3v) is 2.48. The largest absolute Gasteiger partial charge is 0.408 e. The van der Waals surface area contributed by atoms with Gasteiger partial charge in [-0.25, -0.2) is 0 Å². The van der Waals surface area contributed by atoms with Crippen molar-refractivity contribution in [3.8, 4) is 0 Å². The van der Waals surface area contributed by atoms with Crippen LogP contribution < -0.4 is 10.6 Å². The minimum Gasteiger partial charge on any atom is -0.408 e. The van der Waals surface area contributed by atoms with Crippen molar-refractivity contribution >= 4 is 6.01 Å². The first kappa shape index (κ1) is 12.0. The topological polar surface area (TPSA) is 68.2 Å². The van der Waals surface area contributed by atoms with E-state index in [1.807, 2.05) is 11.9 Å². The maximum absolute atomic E-state index is 5.48. The van der Waals surface area contributed by atoms with Crippen LogP contribution in [0.3, 0.4) is 0 Å². The molecule has 1 unspecified atom stereocenters. The summed E-state index contributed by atoms with van der Waals surface area (Å²) >= 11 is 0. The molecular formula is C10H20N4O. The number of hydrogen-bond donors (Lipinski definition) is 1. The van der Waals surface area contributed by atoms with E-state index in [4.69, 9.17) is 10.2 Å². The van der Waals surface area contributed by atoms with Gasteiger partial charge in [0, 0.05) is 26.1 Å². The maximum Gasteiger partial charge on any atom is 0.318 e. The molecule has 5 heteroatoms. The first-order chi connectivity index (χ1) is 7.19. The van der Waals surface area contributed by atoms with Crippen molar-refractivity contribution in [2.24, 2.45) is 5.73 Å². The molecule has 0 amide bonds. The lowest BCUT2D eigenvalue weighted by molar-refractivity contribution is 0.470. The zero-order valence-corrected chi connectivity index (χ0v) is 9.73. The Labute approximate surface area is 90.7 Å². The van der Waals surface area contributed by atoms with Crippen molar-refractivity contribution in [1.29, 1.82) is 0 Å². The van der Waals surface area contributed by atoms with Gasteiger partial charge in [-0.1, -0.05) is 18.4 Å². The highest BCUT2D eigenvalue weighted by Crippen LogP contribution is 2.15. The summed E-state index contributed by atoms with van der Waals surface area (Å²) < 4.78 is 5.48. The summed E-state index contributed by atoms with van der Waals surface area (Å²) in [5, 5.41) is 7.92. The van der Waals surface area contributed by atoms with Crippen LogP contribution in [0.1, 0.15) is 32.6 Å². The molecule has 0 aliphatic rings. The molecule has 1 aromatic rings. The highest BCUT2D eigenvalue weighted by atomic mass is 16.4. The van der Waals surface area contributed by atoms with E-state index in [1.165, 1.54) is 0 Å². The van der Waals surface area contributed by atoms with E-state index in [9.17, 15) is 0 Å². The van der Waals surface area contributed by atoms with E-state index < -0.39 is 0 Å². The summed E-state index contributed by atoms with van der Waals surface area (Å²) in [6.45, 7) is 4.85. The summed E-state index contributed by atoms with van der Waals surface area (Å²) in [7, 11) is 1.97. The average molecular weight is 212 g/mol. The lowest BCUT2D eigenvalue weighted by Crippen LogP contribution is -2.28. The van der Waals surface area contributed by atoms with Crippen LogP contribution in [0.4, 0.5) is 6.01 Å². The molecule has 0 saturated carbocycles. The van der Waals surface area contributed by atoms with Crippen LogP contribution in [0, 0.1) is 0 Å². The van der Waals surface area contributed by atoms with Crippen LogP contribution in [-0.4, -0.2) is 29.8 Å². The van der Waals surface area contributed by atoms with Crippen LogP contribution in [0.2, 0.25) is 0 Å². The average Bonchev–Trinajstić information content (AvgIpc) is 2.66. The van der Waals surface area contributed by atoms with Gasteiger partial charge in [0.1, 0.15) is 0 Å². The summed E-state index contributed by atoms with van der Waals surface area (Å²) in [5.74, 6) is 0.614. The molecule has 0 bridgehead atoms. The number of aromatic nitrogens is 2. The van der Waals surface area contributed by atoms with Gasteiger partial charge in [0.25, 0.3) is 0 Å². The summed E-state index contributed by atoms with van der Waals surface area (Å²) in [6.07, 6.45) is 2.91. The number of rotatable bonds is 6. The predicted octanol–water partition coefficient (Wildman–Crippen LogP) is 1.20. The van der Waals surface area contributed by atoms with Gasteiger partial charge in [0.15, 0.2) is 0 Å². The zero-order chi connectivity index (χ0) is 11.3. The highest BCUT2D eigenvalue weighted by molar-refractivity contribution is 5.23. The Morgan fingerprint density at radius 2 is 2.20 bits per heavy atom. The molecule has 0 aliphatic carbocycles. The second kappa shape index (κ2) is 5.70. The molecule has 5 nitrogen and oxygen atoms in total. The van der Waals surface area contributed by atoms with Gasteiger partial charge in [-0.15, -0.1) is 5.10 Å². The lowest BCUT2D eigenvalue weighted by Gasteiger charge is -2.21. The van der Waals surface area contributed by atoms with Gasteiger partial charge in [-0.2, -0.15) is 0 Å². The van der Waals surface area contributed by atoms with Crippen molar-refractivity contribution in [3.63, 3.8) is 0 Å². The highest BCUT2D eigenvalue weighted by Gasteiger charge is 2.15. The molecule has 0 spiro atoms. The number of anilines is 1. The Morgan fingerprint density at radius 1 is 1.47 bits per heavy atom. The predicted molar refractivity (Wildman–Crippen MR) is 59.8 cm³/mol. The summed E-state index contributed by atoms with van der Waals surface area (Å²) in [5.41, 5.74) is 5.41. The Kier molecular flexibility index (Phi) is 4.55. The minimum absolute atomic E-state index is 0.418. The first-order valence-electron chi connectivity index (χ1n) is 5.44. The third-order valence-electron chi connectivity index (χ3n) is 2.48. The van der Waals surface area contributed by atoms with Crippen LogP contribution in [0.5, 0.6) is 0 Å². The smallest absolute Gasteiger partial charge is 0.318 e. The molecule has 1 atom stereocenters. The second-order valence-electron chi connectivity index (χ2n) is 3.77. The number of nitrogens with two attached hydrogens (primary N) is 1. The fourth-order valence-electron chi connectivity index (χ4n) is 1.41. The molecule has 1 heterocycles. The molecule has 0 aromatic carbocycles. The zero-order valence-electron chi connectivity index (χ0n) is 9.73. The van der Waals surface area contributed by atoms with E-state index in [0.29, 0.717) is 30.9 Å². The molecule has 0 radical (unpaired) electrons. The summed E-state index contributed by atoms with van der Waals surface area (Å²) in [6, 6.07) is 1.00. The minimum atomic E-state index is 0.418. The molecule has 15 heavy (non-hydrogen) atoms. The van der Waals surface area contributed by atoms with Crippen LogP contribution in [-0.2, 0) is 6.42 Å². The fourth-order valence-corrected chi connectivity index (χ4v) is 1.41. The maximum atomic E-state index is 5.48. The number of hydrogen-bond acceptors (Lipinski definition) is 5. The van der Waals surface area contributed by atoms with Gasteiger partial charge in [-0.3, -0.25) is 0 Å². The molecule has 2 N–H and O–H groups in total. The SMILES string of the molecule is CCCC(C)N(C)c1nnc(CCN)o1. The standard InChI is InChI=1S/C10H20N4O/c1-4-5-8(2)14(3)10-13-12-9(15-10)6-7-11/h8H,4-7,11H2,1-3H3. The van der Waals surface area contributed by atoms with Gasteiger partial charge in [-0.05, 0) is 13.3 Å². The molecule has 1 aromatic heterocycles. The Hall–Kier alpha value is -1.10. The van der Waals surface area contributed by atoms with Crippen molar-refractivity contribution < 1.29 is 4.42 Å². The fraction of sp³-hybridized carbons (Fsp3) is 0.800. The van der Waals surface area contributed by atoms with Crippen LogP contribution in [0.15, 0.2) is 4.42 Å². The Bertz CT molecular complexity index is 287. The molecule has 0 saturated heterocycles. The van der Waals surface area contributed by atoms with Crippen molar-refractivity contribution in [2.45, 2.75) is 39.2 Å². The van der Waals surface area contributed by atoms with Crippen molar-refractivity contribution in [1.82, 2.24) is 10.2 Å². The molecule has 86 valence electrons. The van der Waals surface area contributed by atoms with E-state index in [0.717, 1.165) is 12.8 Å². The monoisotopic (exact) mass is 212 g/mol. The lowest BCUT2D eigenvalue weighted by atomic mass is 10.2. The van der Waals surface area contributed by atoms with E-state index in [-0.39, 0.29) is 0 Å². The van der Waals surface area contributed by atoms with Crippen molar-refractivity contribution in [3.05, 3.63) is 5.89 Å². The van der Waals surface area contributed by atoms with Gasteiger partial charge >= 0.3 is 6.01 Å². The summed E-state index contributed by atoms with van der Waals surface area (Å²) in [4.78, 5) is 2.01. The van der Waals surface area contributed by atoms with Crippen LogP contribution in [0.25, 0.3) is 0 Å². The normalized spacial score (nSPS) is 12.8. The third kappa shape index (κ3) is 3.20. The van der Waals surface area contributed by atoms with E-state index >= 15 is 0 Å². The molecule has 1 rings (SSSR count). The quantitative estimate of drug-likeness (QED) is 0.767. The van der Waals surface area contributed by atoms with E-state index in [2.05, 4.69) is 24.0 Å². The van der Waals surface area contributed by atoms with Gasteiger partial charge in [0.05, 0.1) is 0 Å². The van der Waals surface area contributed by atoms with Crippen LogP contribution >= 0.6 is 0 Å².